The quantitative estimate of drug-likeness (QED) is 0.909. The number of aromatic carboxylic acids is 1. The summed E-state index contributed by atoms with van der Waals surface area (Å²) >= 11 is 11.6. The molecule has 0 saturated heterocycles. The van der Waals surface area contributed by atoms with Crippen molar-refractivity contribution in [2.45, 2.75) is 6.61 Å². The summed E-state index contributed by atoms with van der Waals surface area (Å²) in [5, 5.41) is 9.02. The molecule has 0 heterocycles. The Hall–Kier alpha value is -1.78. The minimum Gasteiger partial charge on any atom is -0.487 e. The lowest BCUT2D eigenvalue weighted by Gasteiger charge is -2.09. The van der Waals surface area contributed by atoms with E-state index in [0.717, 1.165) is 0 Å². The van der Waals surface area contributed by atoms with Gasteiger partial charge in [-0.05, 0) is 35.9 Å². The zero-order valence-corrected chi connectivity index (χ0v) is 11.6. The van der Waals surface area contributed by atoms with Gasteiger partial charge < -0.3 is 9.84 Å². The number of rotatable bonds is 4. The molecule has 0 aromatic heterocycles. The predicted octanol–water partition coefficient (Wildman–Crippen LogP) is 4.41. The smallest absolute Gasteiger partial charge is 0.335 e. The maximum absolute atomic E-state index is 13.0. The molecule has 20 heavy (non-hydrogen) atoms. The van der Waals surface area contributed by atoms with Crippen molar-refractivity contribution in [1.82, 2.24) is 0 Å². The Labute approximate surface area is 124 Å². The summed E-state index contributed by atoms with van der Waals surface area (Å²) in [5.74, 6) is -1.22. The first-order valence-corrected chi connectivity index (χ1v) is 6.32. The summed E-state index contributed by atoms with van der Waals surface area (Å²) in [6.07, 6.45) is 0. The molecule has 0 radical (unpaired) electrons. The lowest BCUT2D eigenvalue weighted by atomic mass is 10.2. The molecule has 2 rings (SSSR count). The molecule has 3 nitrogen and oxygen atoms in total. The first-order chi connectivity index (χ1) is 9.47. The molecule has 1 N–H and O–H groups in total. The van der Waals surface area contributed by atoms with Gasteiger partial charge in [0.2, 0.25) is 0 Å². The van der Waals surface area contributed by atoms with Crippen molar-refractivity contribution in [2.75, 3.05) is 0 Å². The first-order valence-electron chi connectivity index (χ1n) is 5.57. The molecule has 6 heteroatoms. The minimum absolute atomic E-state index is 0.0124. The van der Waals surface area contributed by atoms with Crippen molar-refractivity contribution in [3.63, 3.8) is 0 Å². The van der Waals surface area contributed by atoms with Crippen molar-refractivity contribution in [2.24, 2.45) is 0 Å². The number of hydrogen-bond donors (Lipinski definition) is 1. The topological polar surface area (TPSA) is 46.5 Å². The normalized spacial score (nSPS) is 10.3. The van der Waals surface area contributed by atoms with Crippen LogP contribution in [0.3, 0.4) is 0 Å². The second kappa shape index (κ2) is 6.11. The summed E-state index contributed by atoms with van der Waals surface area (Å²) < 4.78 is 18.4. The maximum atomic E-state index is 13.0. The third kappa shape index (κ3) is 3.40. The van der Waals surface area contributed by atoms with Gasteiger partial charge >= 0.3 is 5.97 Å². The molecule has 0 bridgehead atoms. The van der Waals surface area contributed by atoms with Gasteiger partial charge in [0, 0.05) is 0 Å². The Balaban J connectivity index is 2.10. The van der Waals surface area contributed by atoms with E-state index in [1.54, 1.807) is 6.07 Å². The van der Waals surface area contributed by atoms with Crippen LogP contribution < -0.4 is 4.74 Å². The second-order valence-corrected chi connectivity index (χ2v) is 4.80. The Morgan fingerprint density at radius 2 is 1.90 bits per heavy atom. The lowest BCUT2D eigenvalue weighted by molar-refractivity contribution is 0.0697. The van der Waals surface area contributed by atoms with E-state index in [0.29, 0.717) is 11.3 Å². The molecular weight excluding hydrogens is 306 g/mol. The van der Waals surface area contributed by atoms with Gasteiger partial charge in [0.15, 0.2) is 0 Å². The summed E-state index contributed by atoms with van der Waals surface area (Å²) in [6.45, 7) is 0.145. The maximum Gasteiger partial charge on any atom is 0.335 e. The number of carboxylic acid groups (broad SMARTS) is 1. The predicted molar refractivity (Wildman–Crippen MR) is 74.2 cm³/mol. The molecule has 0 unspecified atom stereocenters. The first kappa shape index (κ1) is 14.6. The highest BCUT2D eigenvalue weighted by atomic mass is 35.5. The number of halogens is 3. The molecule has 0 amide bonds. The Bertz CT molecular complexity index is 659. The van der Waals surface area contributed by atoms with Crippen molar-refractivity contribution in [3.05, 3.63) is 63.4 Å². The van der Waals surface area contributed by atoms with Crippen LogP contribution >= 0.6 is 23.2 Å². The SMILES string of the molecule is O=C(O)c1ccc(OCc2ccc(F)c(Cl)c2)c(Cl)c1. The molecule has 0 atom stereocenters. The van der Waals surface area contributed by atoms with Crippen LogP contribution in [-0.4, -0.2) is 11.1 Å². The molecule has 0 fully saturated rings. The third-order valence-corrected chi connectivity index (χ3v) is 3.14. The van der Waals surface area contributed by atoms with Crippen LogP contribution in [0.2, 0.25) is 10.0 Å². The molecule has 0 aliphatic carbocycles. The molecule has 0 aliphatic heterocycles. The molecule has 0 saturated carbocycles. The van der Waals surface area contributed by atoms with Crippen LogP contribution in [-0.2, 0) is 6.61 Å². The molecule has 104 valence electrons. The fourth-order valence-electron chi connectivity index (χ4n) is 1.54. The fraction of sp³-hybridized carbons (Fsp3) is 0.0714. The van der Waals surface area contributed by atoms with E-state index in [1.165, 1.54) is 30.3 Å². The van der Waals surface area contributed by atoms with Crippen LogP contribution in [0.25, 0.3) is 0 Å². The monoisotopic (exact) mass is 314 g/mol. The van der Waals surface area contributed by atoms with E-state index in [4.69, 9.17) is 33.0 Å². The second-order valence-electron chi connectivity index (χ2n) is 3.99. The van der Waals surface area contributed by atoms with E-state index in [1.807, 2.05) is 0 Å². The van der Waals surface area contributed by atoms with Crippen molar-refractivity contribution < 1.29 is 19.0 Å². The number of ether oxygens (including phenoxy) is 1. The summed E-state index contributed by atoms with van der Waals surface area (Å²) in [4.78, 5) is 10.8. The van der Waals surface area contributed by atoms with E-state index in [-0.39, 0.29) is 22.2 Å². The van der Waals surface area contributed by atoms with Gasteiger partial charge in [0.1, 0.15) is 18.2 Å². The highest BCUT2D eigenvalue weighted by Crippen LogP contribution is 2.26. The summed E-state index contributed by atoms with van der Waals surface area (Å²) in [6, 6.07) is 8.41. The standard InChI is InChI=1S/C14H9Cl2FO3/c15-10-5-8(1-3-12(10)17)7-20-13-4-2-9(14(18)19)6-11(13)16/h1-6H,7H2,(H,18,19). The van der Waals surface area contributed by atoms with Crippen LogP contribution in [0.5, 0.6) is 5.75 Å². The van der Waals surface area contributed by atoms with Gasteiger partial charge in [0.25, 0.3) is 0 Å². The van der Waals surface area contributed by atoms with Gasteiger partial charge in [-0.15, -0.1) is 0 Å². The largest absolute Gasteiger partial charge is 0.487 e. The number of hydrogen-bond acceptors (Lipinski definition) is 2. The van der Waals surface area contributed by atoms with Gasteiger partial charge in [-0.2, -0.15) is 0 Å². The minimum atomic E-state index is -1.07. The Morgan fingerprint density at radius 3 is 2.50 bits per heavy atom. The van der Waals surface area contributed by atoms with Crippen LogP contribution in [0.1, 0.15) is 15.9 Å². The molecular formula is C14H9Cl2FO3. The van der Waals surface area contributed by atoms with E-state index >= 15 is 0 Å². The summed E-state index contributed by atoms with van der Waals surface area (Å²) in [5.41, 5.74) is 0.752. The van der Waals surface area contributed by atoms with Gasteiger partial charge in [-0.1, -0.05) is 29.3 Å². The van der Waals surface area contributed by atoms with Crippen molar-refractivity contribution in [1.29, 1.82) is 0 Å². The van der Waals surface area contributed by atoms with E-state index in [9.17, 15) is 9.18 Å². The average Bonchev–Trinajstić information content (AvgIpc) is 2.41. The van der Waals surface area contributed by atoms with Gasteiger partial charge in [0.05, 0.1) is 15.6 Å². The van der Waals surface area contributed by atoms with Crippen molar-refractivity contribution >= 4 is 29.2 Å². The molecule has 2 aromatic rings. The number of carboxylic acids is 1. The third-order valence-electron chi connectivity index (χ3n) is 2.56. The van der Waals surface area contributed by atoms with Crippen LogP contribution in [0, 0.1) is 5.82 Å². The summed E-state index contributed by atoms with van der Waals surface area (Å²) in [7, 11) is 0. The van der Waals surface area contributed by atoms with Gasteiger partial charge in [-0.3, -0.25) is 0 Å². The Morgan fingerprint density at radius 1 is 1.15 bits per heavy atom. The lowest BCUT2D eigenvalue weighted by Crippen LogP contribution is -1.99. The van der Waals surface area contributed by atoms with E-state index < -0.39 is 11.8 Å². The average molecular weight is 315 g/mol. The van der Waals surface area contributed by atoms with E-state index in [2.05, 4.69) is 0 Å². The van der Waals surface area contributed by atoms with Crippen LogP contribution in [0.15, 0.2) is 36.4 Å². The molecule has 2 aromatic carbocycles. The zero-order valence-electron chi connectivity index (χ0n) is 10.1. The van der Waals surface area contributed by atoms with Gasteiger partial charge in [-0.25, -0.2) is 9.18 Å². The number of benzene rings is 2. The molecule has 0 spiro atoms. The van der Waals surface area contributed by atoms with Crippen LogP contribution in [0.4, 0.5) is 4.39 Å². The van der Waals surface area contributed by atoms with Crippen molar-refractivity contribution in [3.8, 4) is 5.75 Å². The fourth-order valence-corrected chi connectivity index (χ4v) is 1.98. The zero-order chi connectivity index (χ0) is 14.7. The highest BCUT2D eigenvalue weighted by Gasteiger charge is 2.08. The molecule has 0 aliphatic rings. The Kier molecular flexibility index (Phi) is 4.47. The number of carbonyl (C=O) groups is 1. The highest BCUT2D eigenvalue weighted by molar-refractivity contribution is 6.32.